The fourth-order valence-corrected chi connectivity index (χ4v) is 4.36. The van der Waals surface area contributed by atoms with Crippen molar-refractivity contribution >= 4 is 27.5 Å². The first kappa shape index (κ1) is 16.8. The molecule has 0 saturated carbocycles. The Bertz CT molecular complexity index is 1060. The lowest BCUT2D eigenvalue weighted by atomic mass is 10.1. The largest absolute Gasteiger partial charge is 0.485 e. The lowest BCUT2D eigenvalue weighted by Crippen LogP contribution is -2.36. The van der Waals surface area contributed by atoms with Crippen molar-refractivity contribution in [2.24, 2.45) is 4.99 Å². The molecular weight excluding hydrogens is 348 g/mol. The molecule has 0 aliphatic carbocycles. The number of benzene rings is 2. The summed E-state index contributed by atoms with van der Waals surface area (Å²) in [6, 6.07) is 11.7. The van der Waals surface area contributed by atoms with E-state index in [-0.39, 0.29) is 12.5 Å². The van der Waals surface area contributed by atoms with Crippen LogP contribution in [-0.4, -0.2) is 23.2 Å². The van der Waals surface area contributed by atoms with Crippen LogP contribution in [0.3, 0.4) is 0 Å². The van der Waals surface area contributed by atoms with Gasteiger partial charge in [0.25, 0.3) is 5.91 Å². The number of ether oxygens (including phenoxy) is 2. The first-order valence-electron chi connectivity index (χ1n) is 8.64. The van der Waals surface area contributed by atoms with Crippen LogP contribution in [0, 0.1) is 13.8 Å². The summed E-state index contributed by atoms with van der Waals surface area (Å²) in [7, 11) is 0. The quantitative estimate of drug-likeness (QED) is 0.694. The van der Waals surface area contributed by atoms with Gasteiger partial charge in [0.05, 0.1) is 10.2 Å². The standard InChI is InChI=1S/C20H20N2O3S/c1-4-22-14-10-12(2)9-13(3)18(14)26-20(22)21-19(23)17-11-24-15-7-5-6-8-16(15)25-17/h5-10,17H,4,11H2,1-3H3/t17-/m0/s1. The van der Waals surface area contributed by atoms with Gasteiger partial charge in [-0.2, -0.15) is 4.99 Å². The number of rotatable bonds is 2. The Morgan fingerprint density at radius 1 is 1.27 bits per heavy atom. The van der Waals surface area contributed by atoms with Crippen molar-refractivity contribution in [3.05, 3.63) is 52.3 Å². The van der Waals surface area contributed by atoms with Crippen LogP contribution in [0.5, 0.6) is 11.5 Å². The lowest BCUT2D eigenvalue weighted by Gasteiger charge is -2.23. The zero-order valence-electron chi connectivity index (χ0n) is 15.0. The Morgan fingerprint density at radius 2 is 2.04 bits per heavy atom. The van der Waals surface area contributed by atoms with Gasteiger partial charge in [0.1, 0.15) is 6.61 Å². The van der Waals surface area contributed by atoms with Gasteiger partial charge in [-0.25, -0.2) is 0 Å². The van der Waals surface area contributed by atoms with E-state index in [1.54, 1.807) is 17.4 Å². The van der Waals surface area contributed by atoms with Gasteiger partial charge in [-0.15, -0.1) is 0 Å². The summed E-state index contributed by atoms with van der Waals surface area (Å²) in [5.74, 6) is 0.925. The zero-order chi connectivity index (χ0) is 18.3. The van der Waals surface area contributed by atoms with Gasteiger partial charge in [-0.1, -0.05) is 29.5 Å². The second kappa shape index (κ2) is 6.61. The van der Waals surface area contributed by atoms with Crippen molar-refractivity contribution < 1.29 is 14.3 Å². The molecule has 1 amide bonds. The van der Waals surface area contributed by atoms with Crippen molar-refractivity contribution in [1.82, 2.24) is 4.57 Å². The third-order valence-corrected chi connectivity index (χ3v) is 5.65. The first-order chi connectivity index (χ1) is 12.6. The molecule has 1 atom stereocenters. The summed E-state index contributed by atoms with van der Waals surface area (Å²) in [6.07, 6.45) is -0.719. The Kier molecular flexibility index (Phi) is 4.28. The number of nitrogens with zero attached hydrogens (tertiary/aromatic N) is 2. The number of carbonyl (C=O) groups excluding carboxylic acids is 1. The van der Waals surface area contributed by atoms with E-state index >= 15 is 0 Å². The number of fused-ring (bicyclic) bond motifs is 2. The van der Waals surface area contributed by atoms with Crippen molar-refractivity contribution in [2.45, 2.75) is 33.4 Å². The highest BCUT2D eigenvalue weighted by molar-refractivity contribution is 7.16. The van der Waals surface area contributed by atoms with Crippen LogP contribution < -0.4 is 14.3 Å². The van der Waals surface area contributed by atoms with E-state index in [9.17, 15) is 4.79 Å². The molecular formula is C20H20N2O3S. The van der Waals surface area contributed by atoms with E-state index < -0.39 is 6.10 Å². The van der Waals surface area contributed by atoms with E-state index in [2.05, 4.69) is 42.5 Å². The van der Waals surface area contributed by atoms with E-state index in [0.717, 1.165) is 16.8 Å². The van der Waals surface area contributed by atoms with Gasteiger partial charge >= 0.3 is 0 Å². The second-order valence-corrected chi connectivity index (χ2v) is 7.35. The van der Waals surface area contributed by atoms with Crippen LogP contribution in [0.1, 0.15) is 18.1 Å². The number of thiazole rings is 1. The maximum Gasteiger partial charge on any atom is 0.292 e. The summed E-state index contributed by atoms with van der Waals surface area (Å²) >= 11 is 1.54. The van der Waals surface area contributed by atoms with E-state index in [0.29, 0.717) is 16.3 Å². The molecule has 0 bridgehead atoms. The smallest absolute Gasteiger partial charge is 0.292 e. The van der Waals surface area contributed by atoms with Gasteiger partial charge in [-0.05, 0) is 50.1 Å². The third kappa shape index (κ3) is 2.90. The van der Waals surface area contributed by atoms with Crippen molar-refractivity contribution in [2.75, 3.05) is 6.61 Å². The second-order valence-electron chi connectivity index (χ2n) is 6.37. The number of para-hydroxylation sites is 2. The summed E-state index contributed by atoms with van der Waals surface area (Å²) in [6.45, 7) is 7.15. The minimum atomic E-state index is -0.719. The summed E-state index contributed by atoms with van der Waals surface area (Å²) < 4.78 is 14.7. The number of amides is 1. The highest BCUT2D eigenvalue weighted by atomic mass is 32.1. The van der Waals surface area contributed by atoms with Gasteiger partial charge in [0, 0.05) is 6.54 Å². The molecule has 0 saturated heterocycles. The summed E-state index contributed by atoms with van der Waals surface area (Å²) in [4.78, 5) is 17.8. The highest BCUT2D eigenvalue weighted by Gasteiger charge is 2.27. The lowest BCUT2D eigenvalue weighted by molar-refractivity contribution is -0.127. The van der Waals surface area contributed by atoms with E-state index in [4.69, 9.17) is 9.47 Å². The molecule has 3 aromatic rings. The van der Waals surface area contributed by atoms with E-state index in [1.807, 2.05) is 18.2 Å². The third-order valence-electron chi connectivity index (χ3n) is 4.42. The first-order valence-corrected chi connectivity index (χ1v) is 9.46. The average Bonchev–Trinajstić information content (AvgIpc) is 2.98. The predicted octanol–water partition coefficient (Wildman–Crippen LogP) is 3.61. The average molecular weight is 368 g/mol. The Hall–Kier alpha value is -2.60. The Labute approximate surface area is 155 Å². The van der Waals surface area contributed by atoms with Crippen molar-refractivity contribution in [3.63, 3.8) is 0 Å². The Balaban J connectivity index is 1.72. The SMILES string of the molecule is CCn1c(=NC(=O)[C@@H]2COc3ccccc3O2)sc2c(C)cc(C)cc21. The molecule has 134 valence electrons. The Morgan fingerprint density at radius 3 is 2.81 bits per heavy atom. The molecule has 0 fully saturated rings. The van der Waals surface area contributed by atoms with Crippen LogP contribution in [0.25, 0.3) is 10.2 Å². The maximum atomic E-state index is 12.7. The van der Waals surface area contributed by atoms with Gasteiger partial charge in [0.15, 0.2) is 16.3 Å². The number of aromatic nitrogens is 1. The van der Waals surface area contributed by atoms with Gasteiger partial charge in [0.2, 0.25) is 6.10 Å². The van der Waals surface area contributed by atoms with Crippen LogP contribution in [-0.2, 0) is 11.3 Å². The molecule has 0 N–H and O–H groups in total. The molecule has 4 rings (SSSR count). The van der Waals surface area contributed by atoms with Gasteiger partial charge in [-0.3, -0.25) is 4.79 Å². The molecule has 2 heterocycles. The minimum Gasteiger partial charge on any atom is -0.485 e. The predicted molar refractivity (Wildman–Crippen MR) is 102 cm³/mol. The summed E-state index contributed by atoms with van der Waals surface area (Å²) in [5.41, 5.74) is 3.52. The number of aryl methyl sites for hydroxylation is 3. The highest BCUT2D eigenvalue weighted by Crippen LogP contribution is 2.31. The number of hydrogen-bond donors (Lipinski definition) is 0. The van der Waals surface area contributed by atoms with Crippen molar-refractivity contribution in [3.8, 4) is 11.5 Å². The van der Waals surface area contributed by atoms with Crippen LogP contribution in [0.4, 0.5) is 0 Å². The number of hydrogen-bond acceptors (Lipinski definition) is 4. The fraction of sp³-hybridized carbons (Fsp3) is 0.300. The molecule has 2 aromatic carbocycles. The maximum absolute atomic E-state index is 12.7. The minimum absolute atomic E-state index is 0.175. The molecule has 0 radical (unpaired) electrons. The van der Waals surface area contributed by atoms with E-state index in [1.165, 1.54) is 11.1 Å². The number of carbonyl (C=O) groups is 1. The molecule has 1 aromatic heterocycles. The topological polar surface area (TPSA) is 52.8 Å². The van der Waals surface area contributed by atoms with Crippen molar-refractivity contribution in [1.29, 1.82) is 0 Å². The zero-order valence-corrected chi connectivity index (χ0v) is 15.8. The molecule has 1 aliphatic heterocycles. The monoisotopic (exact) mass is 368 g/mol. The molecule has 6 heteroatoms. The van der Waals surface area contributed by atoms with Crippen LogP contribution in [0.2, 0.25) is 0 Å². The van der Waals surface area contributed by atoms with Crippen LogP contribution >= 0.6 is 11.3 Å². The molecule has 26 heavy (non-hydrogen) atoms. The fourth-order valence-electron chi connectivity index (χ4n) is 3.21. The molecule has 5 nitrogen and oxygen atoms in total. The molecule has 0 spiro atoms. The molecule has 1 aliphatic rings. The molecule has 0 unspecified atom stereocenters. The van der Waals surface area contributed by atoms with Crippen LogP contribution in [0.15, 0.2) is 41.4 Å². The van der Waals surface area contributed by atoms with Gasteiger partial charge < -0.3 is 14.0 Å². The normalized spacial score (nSPS) is 16.9. The summed E-state index contributed by atoms with van der Waals surface area (Å²) in [5, 5.41) is 0.